The van der Waals surface area contributed by atoms with Crippen LogP contribution in [0.25, 0.3) is 98.4 Å². The fourth-order valence-corrected chi connectivity index (χ4v) is 14.9. The van der Waals surface area contributed by atoms with Crippen LogP contribution in [0.5, 0.6) is 0 Å². The zero-order chi connectivity index (χ0) is 55.2. The van der Waals surface area contributed by atoms with E-state index in [0.717, 1.165) is 78.0 Å². The molecule has 0 saturated heterocycles. The summed E-state index contributed by atoms with van der Waals surface area (Å²) < 4.78 is 14.1. The van der Waals surface area contributed by atoms with Crippen LogP contribution in [0, 0.1) is 0 Å². The third-order valence-electron chi connectivity index (χ3n) is 18.3. The lowest BCUT2D eigenvalue weighted by Gasteiger charge is -2.33. The van der Waals surface area contributed by atoms with E-state index in [4.69, 9.17) is 8.83 Å². The van der Waals surface area contributed by atoms with Gasteiger partial charge >= 0.3 is 0 Å². The molecule has 83 heavy (non-hydrogen) atoms. The Kier molecular flexibility index (Phi) is 10.3. The molecule has 0 fully saturated rings. The maximum atomic E-state index is 7.08. The maximum absolute atomic E-state index is 7.08. The predicted octanol–water partition coefficient (Wildman–Crippen LogP) is 22.5. The molecule has 0 aliphatic heterocycles. The van der Waals surface area contributed by atoms with Crippen molar-refractivity contribution in [1.29, 1.82) is 0 Å². The molecule has 4 heteroatoms. The first kappa shape index (κ1) is 47.6. The van der Waals surface area contributed by atoms with Gasteiger partial charge in [0, 0.05) is 44.3 Å². The topological polar surface area (TPSA) is 32.8 Å². The number of benzene rings is 13. The lowest BCUT2D eigenvalue weighted by molar-refractivity contribution is 0.657. The van der Waals surface area contributed by atoms with Crippen LogP contribution in [-0.4, -0.2) is 0 Å². The molecule has 1 spiro atoms. The molecule has 15 aromatic rings. The molecule has 4 nitrogen and oxygen atoms in total. The Morgan fingerprint density at radius 2 is 0.759 bits per heavy atom. The van der Waals surface area contributed by atoms with Gasteiger partial charge in [0.15, 0.2) is 11.2 Å². The molecule has 0 amide bonds. The second kappa shape index (κ2) is 17.9. The molecule has 0 saturated carbocycles. The highest BCUT2D eigenvalue weighted by atomic mass is 16.3. The summed E-state index contributed by atoms with van der Waals surface area (Å²) in [6, 6.07) is 94.6. The monoisotopic (exact) mass is 1060 g/mol. The van der Waals surface area contributed by atoms with E-state index >= 15 is 0 Å². The number of hydrogen-bond acceptors (Lipinski definition) is 4. The first-order valence-corrected chi connectivity index (χ1v) is 29.2. The van der Waals surface area contributed by atoms with Crippen LogP contribution in [0.1, 0.15) is 72.9 Å². The highest BCUT2D eigenvalue weighted by Crippen LogP contribution is 2.67. The van der Waals surface area contributed by atoms with Gasteiger partial charge in [-0.1, -0.05) is 222 Å². The molecule has 2 heterocycles. The Morgan fingerprint density at radius 1 is 0.301 bits per heavy atom. The summed E-state index contributed by atoms with van der Waals surface area (Å²) >= 11 is 0. The molecule has 2 aromatic heterocycles. The average molecular weight is 1070 g/mol. The largest absolute Gasteiger partial charge is 0.454 e. The number of furan rings is 2. The molecular weight excluding hydrogens is 1010 g/mol. The van der Waals surface area contributed by atoms with Crippen LogP contribution < -0.4 is 9.80 Å². The normalized spacial score (nSPS) is 13.1. The van der Waals surface area contributed by atoms with Gasteiger partial charge in [0.2, 0.25) is 0 Å². The number of nitrogens with zero attached hydrogens (tertiary/aromatic N) is 2. The Balaban J connectivity index is 0.925. The fourth-order valence-electron chi connectivity index (χ4n) is 14.9. The smallest absolute Gasteiger partial charge is 0.159 e. The Labute approximate surface area is 481 Å². The highest BCUT2D eigenvalue weighted by molar-refractivity contribution is 6.23. The summed E-state index contributed by atoms with van der Waals surface area (Å²) in [6.45, 7) is 8.97. The summed E-state index contributed by atoms with van der Waals surface area (Å²) in [6.07, 6.45) is 0. The van der Waals surface area contributed by atoms with Gasteiger partial charge in [-0.05, 0) is 160 Å². The summed E-state index contributed by atoms with van der Waals surface area (Å²) in [5.74, 6) is 0.626. The van der Waals surface area contributed by atoms with Gasteiger partial charge in [0.25, 0.3) is 0 Å². The first-order chi connectivity index (χ1) is 40.9. The van der Waals surface area contributed by atoms with Crippen molar-refractivity contribution in [2.75, 3.05) is 9.80 Å². The minimum absolute atomic E-state index is 0.311. The van der Waals surface area contributed by atoms with Gasteiger partial charge in [-0.15, -0.1) is 0 Å². The summed E-state index contributed by atoms with van der Waals surface area (Å²) in [5, 5.41) is 11.8. The van der Waals surface area contributed by atoms with Gasteiger partial charge in [-0.25, -0.2) is 0 Å². The maximum Gasteiger partial charge on any atom is 0.159 e. The quantitative estimate of drug-likeness (QED) is 0.142. The zero-order valence-electron chi connectivity index (χ0n) is 46.6. The van der Waals surface area contributed by atoms with Crippen molar-refractivity contribution in [3.05, 3.63) is 288 Å². The van der Waals surface area contributed by atoms with Gasteiger partial charge < -0.3 is 18.6 Å². The number of fused-ring (bicyclic) bond motifs is 23. The lowest BCUT2D eigenvalue weighted by Crippen LogP contribution is -2.26. The van der Waals surface area contributed by atoms with Crippen molar-refractivity contribution in [1.82, 2.24) is 0 Å². The van der Waals surface area contributed by atoms with Crippen LogP contribution >= 0.6 is 0 Å². The molecule has 0 radical (unpaired) electrons. The van der Waals surface area contributed by atoms with E-state index in [0.29, 0.717) is 11.8 Å². The summed E-state index contributed by atoms with van der Waals surface area (Å²) in [5.41, 5.74) is 22.1. The second-order valence-electron chi connectivity index (χ2n) is 23.4. The van der Waals surface area contributed by atoms with Crippen molar-refractivity contribution in [2.45, 2.75) is 44.9 Å². The van der Waals surface area contributed by atoms with Crippen molar-refractivity contribution in [2.24, 2.45) is 0 Å². The van der Waals surface area contributed by atoms with Crippen molar-refractivity contribution in [3.8, 4) is 22.3 Å². The number of anilines is 6. The molecule has 0 unspecified atom stereocenters. The van der Waals surface area contributed by atoms with Gasteiger partial charge in [0.05, 0.1) is 16.8 Å². The number of para-hydroxylation sites is 6. The third kappa shape index (κ3) is 6.63. The standard InChI is InChI=1S/C79H56N2O2/c1-47(2)54-29-17-31-62-64-33-19-37-70(77(64)82-75(54)62)80(50-21-7-5-8-22-50)52-40-43-56-49(45-52)39-42-66-72-60-28-12-11-25-57(60)67-46-53(41-44-61(67)74(72)79(73(56)66)68-35-15-13-26-58(68)59-27-14-16-36-69(59)79)81(51-23-9-6-10-24-51)71-38-20-34-65-63-32-18-30-55(48(3)4)76(63)83-78(65)71/h5-48H,1-4H3. The Hall–Kier alpha value is -10.2. The number of rotatable bonds is 8. The van der Waals surface area contributed by atoms with E-state index in [9.17, 15) is 0 Å². The van der Waals surface area contributed by atoms with E-state index in [2.05, 4.69) is 292 Å². The van der Waals surface area contributed by atoms with E-state index < -0.39 is 5.41 Å². The zero-order valence-corrected chi connectivity index (χ0v) is 46.6. The van der Waals surface area contributed by atoms with Crippen molar-refractivity contribution >= 4 is 110 Å². The van der Waals surface area contributed by atoms with E-state index in [1.54, 1.807) is 0 Å². The first-order valence-electron chi connectivity index (χ1n) is 29.2. The Bertz CT molecular complexity index is 5130. The van der Waals surface area contributed by atoms with Crippen LogP contribution in [0.3, 0.4) is 0 Å². The molecule has 0 N–H and O–H groups in total. The Morgan fingerprint density at radius 3 is 1.31 bits per heavy atom. The molecule has 0 atom stereocenters. The second-order valence-corrected chi connectivity index (χ2v) is 23.4. The minimum Gasteiger partial charge on any atom is -0.454 e. The highest BCUT2D eigenvalue weighted by Gasteiger charge is 2.54. The van der Waals surface area contributed by atoms with E-state index in [1.807, 2.05) is 0 Å². The van der Waals surface area contributed by atoms with Crippen LogP contribution in [0.2, 0.25) is 0 Å². The van der Waals surface area contributed by atoms with Crippen LogP contribution in [0.15, 0.2) is 264 Å². The fraction of sp³-hybridized carbons (Fsp3) is 0.0886. The summed E-state index contributed by atoms with van der Waals surface area (Å²) in [7, 11) is 0. The van der Waals surface area contributed by atoms with Crippen molar-refractivity contribution < 1.29 is 8.83 Å². The minimum atomic E-state index is -0.664. The van der Waals surface area contributed by atoms with Gasteiger partial charge in [-0.2, -0.15) is 0 Å². The molecular formula is C79H56N2O2. The van der Waals surface area contributed by atoms with E-state index in [1.165, 1.54) is 88.0 Å². The molecule has 394 valence electrons. The SMILES string of the molecule is CC(C)c1cccc2c1oc1c(N(c3ccccc3)c3ccc4c5c(ccc4c3)-c3c(c4ccc(N(c6ccccc6)c6cccc7c6oc6c(C(C)C)cccc67)cc4c4ccccc34)C53c4ccccc4-c4ccccc43)cccc12. The van der Waals surface area contributed by atoms with Gasteiger partial charge in [0.1, 0.15) is 11.2 Å². The molecule has 0 bridgehead atoms. The molecule has 2 aliphatic carbocycles. The van der Waals surface area contributed by atoms with Gasteiger partial charge in [-0.3, -0.25) is 0 Å². The van der Waals surface area contributed by atoms with Crippen molar-refractivity contribution in [3.63, 3.8) is 0 Å². The average Bonchev–Trinajstić information content (AvgIpc) is 2.76. The molecule has 17 rings (SSSR count). The van der Waals surface area contributed by atoms with E-state index in [-0.39, 0.29) is 0 Å². The predicted molar refractivity (Wildman–Crippen MR) is 347 cm³/mol. The molecule has 13 aromatic carbocycles. The number of hydrogen-bond donors (Lipinski definition) is 0. The van der Waals surface area contributed by atoms with Crippen LogP contribution in [-0.2, 0) is 5.41 Å². The lowest BCUT2D eigenvalue weighted by atomic mass is 9.68. The summed E-state index contributed by atoms with van der Waals surface area (Å²) in [4.78, 5) is 4.78. The molecule has 2 aliphatic rings. The van der Waals surface area contributed by atoms with Crippen LogP contribution in [0.4, 0.5) is 34.1 Å². The third-order valence-corrected chi connectivity index (χ3v) is 18.3.